The van der Waals surface area contributed by atoms with Crippen LogP contribution < -0.4 is 0 Å². The van der Waals surface area contributed by atoms with Gasteiger partial charge in [0.25, 0.3) is 11.6 Å². The number of amides is 1. The fourth-order valence-electron chi connectivity index (χ4n) is 3.77. The van der Waals surface area contributed by atoms with Crippen LogP contribution in [0.4, 0.5) is 5.69 Å². The molecule has 0 saturated carbocycles. The first-order valence-electron chi connectivity index (χ1n) is 9.02. The number of imidazole rings is 1. The van der Waals surface area contributed by atoms with E-state index in [1.807, 2.05) is 24.3 Å². The smallest absolute Gasteiger partial charge is 0.273 e. The summed E-state index contributed by atoms with van der Waals surface area (Å²) in [6.45, 7) is 2.84. The molecule has 2 heterocycles. The van der Waals surface area contributed by atoms with Crippen molar-refractivity contribution in [1.29, 1.82) is 0 Å². The first-order valence-corrected chi connectivity index (χ1v) is 9.02. The van der Waals surface area contributed by atoms with Gasteiger partial charge in [0.2, 0.25) is 0 Å². The van der Waals surface area contributed by atoms with Crippen LogP contribution in [0.3, 0.4) is 0 Å². The lowest BCUT2D eigenvalue weighted by Crippen LogP contribution is -2.39. The third-order valence-electron chi connectivity index (χ3n) is 5.24. The molecule has 1 amide bonds. The van der Waals surface area contributed by atoms with E-state index in [1.54, 1.807) is 24.0 Å². The van der Waals surface area contributed by atoms with Crippen LogP contribution in [0.2, 0.25) is 0 Å². The van der Waals surface area contributed by atoms with Crippen molar-refractivity contribution in [2.45, 2.75) is 25.7 Å². The van der Waals surface area contributed by atoms with Crippen LogP contribution in [0.25, 0.3) is 11.0 Å². The van der Waals surface area contributed by atoms with Crippen LogP contribution in [-0.4, -0.2) is 38.8 Å². The van der Waals surface area contributed by atoms with Crippen molar-refractivity contribution >= 4 is 22.6 Å². The van der Waals surface area contributed by atoms with Crippen molar-refractivity contribution < 1.29 is 9.72 Å². The van der Waals surface area contributed by atoms with Crippen molar-refractivity contribution in [2.75, 3.05) is 13.1 Å². The monoisotopic (exact) mass is 364 g/mol. The van der Waals surface area contributed by atoms with E-state index in [1.165, 1.54) is 6.07 Å². The molecule has 138 valence electrons. The summed E-state index contributed by atoms with van der Waals surface area (Å²) in [5, 5.41) is 11.2. The molecule has 1 saturated heterocycles. The normalized spacial score (nSPS) is 17.2. The number of fused-ring (bicyclic) bond motifs is 1. The largest absolute Gasteiger partial charge is 0.342 e. The van der Waals surface area contributed by atoms with Gasteiger partial charge in [0.15, 0.2) is 0 Å². The molecule has 7 nitrogen and oxygen atoms in total. The van der Waals surface area contributed by atoms with Gasteiger partial charge in [0, 0.05) is 36.2 Å². The topological polar surface area (TPSA) is 92.1 Å². The molecule has 27 heavy (non-hydrogen) atoms. The lowest BCUT2D eigenvalue weighted by Gasteiger charge is -2.32. The van der Waals surface area contributed by atoms with Gasteiger partial charge in [-0.3, -0.25) is 14.9 Å². The average molecular weight is 364 g/mol. The zero-order valence-corrected chi connectivity index (χ0v) is 15.0. The summed E-state index contributed by atoms with van der Waals surface area (Å²) in [7, 11) is 0. The molecule has 1 aromatic heterocycles. The van der Waals surface area contributed by atoms with Crippen molar-refractivity contribution in [3.8, 4) is 0 Å². The van der Waals surface area contributed by atoms with Crippen LogP contribution in [0.5, 0.6) is 0 Å². The Morgan fingerprint density at radius 3 is 2.85 bits per heavy atom. The fourth-order valence-corrected chi connectivity index (χ4v) is 3.77. The molecule has 0 radical (unpaired) electrons. The molecule has 1 aliphatic rings. The number of aromatic nitrogens is 2. The highest BCUT2D eigenvalue weighted by Gasteiger charge is 2.29. The summed E-state index contributed by atoms with van der Waals surface area (Å²) in [6.07, 6.45) is 1.83. The molecular weight excluding hydrogens is 344 g/mol. The number of nitro benzene ring substituents is 1. The van der Waals surface area contributed by atoms with Gasteiger partial charge in [-0.25, -0.2) is 4.98 Å². The minimum atomic E-state index is -0.445. The van der Waals surface area contributed by atoms with Gasteiger partial charge in [0.05, 0.1) is 16.0 Å². The van der Waals surface area contributed by atoms with Gasteiger partial charge in [-0.15, -0.1) is 0 Å². The lowest BCUT2D eigenvalue weighted by atomic mass is 9.96. The molecule has 1 atom stereocenters. The second-order valence-electron chi connectivity index (χ2n) is 6.94. The zero-order valence-electron chi connectivity index (χ0n) is 15.0. The number of rotatable bonds is 3. The van der Waals surface area contributed by atoms with Crippen LogP contribution in [0.15, 0.2) is 42.5 Å². The molecule has 4 rings (SSSR count). The van der Waals surface area contributed by atoms with E-state index in [9.17, 15) is 14.9 Å². The Hall–Kier alpha value is -3.22. The average Bonchev–Trinajstić information content (AvgIpc) is 3.12. The van der Waals surface area contributed by atoms with Gasteiger partial charge in [-0.05, 0) is 38.0 Å². The molecule has 0 aliphatic carbocycles. The van der Waals surface area contributed by atoms with Gasteiger partial charge >= 0.3 is 0 Å². The van der Waals surface area contributed by atoms with E-state index in [0.29, 0.717) is 24.2 Å². The number of nitro groups is 1. The van der Waals surface area contributed by atoms with Crippen molar-refractivity contribution in [3.63, 3.8) is 0 Å². The summed E-state index contributed by atoms with van der Waals surface area (Å²) in [5.41, 5.74) is 2.70. The highest BCUT2D eigenvalue weighted by atomic mass is 16.6. The van der Waals surface area contributed by atoms with E-state index < -0.39 is 4.92 Å². The molecule has 1 unspecified atom stereocenters. The third-order valence-corrected chi connectivity index (χ3v) is 5.24. The molecule has 0 spiro atoms. The zero-order chi connectivity index (χ0) is 19.0. The maximum Gasteiger partial charge on any atom is 0.273 e. The standard InChI is InChI=1S/C20H20N4O3/c1-13-15(7-4-10-18(13)24(26)27)20(25)23-11-5-6-14(12-23)19-21-16-8-2-3-9-17(16)22-19/h2-4,7-10,14H,5-6,11-12H2,1H3,(H,21,22). The molecule has 0 bridgehead atoms. The number of H-pyrrole nitrogens is 1. The van der Waals surface area contributed by atoms with Gasteiger partial charge in [-0.2, -0.15) is 0 Å². The molecule has 1 fully saturated rings. The Balaban J connectivity index is 1.59. The number of hydrogen-bond acceptors (Lipinski definition) is 4. The third kappa shape index (κ3) is 3.16. The Kier molecular flexibility index (Phi) is 4.35. The summed E-state index contributed by atoms with van der Waals surface area (Å²) in [6, 6.07) is 12.5. The molecule has 3 aromatic rings. The van der Waals surface area contributed by atoms with Crippen LogP contribution in [-0.2, 0) is 0 Å². The van der Waals surface area contributed by atoms with Gasteiger partial charge in [-0.1, -0.05) is 18.2 Å². The fraction of sp³-hybridized carbons (Fsp3) is 0.300. The maximum absolute atomic E-state index is 13.0. The summed E-state index contributed by atoms with van der Waals surface area (Å²) >= 11 is 0. The van der Waals surface area contributed by atoms with Crippen molar-refractivity contribution in [3.05, 3.63) is 69.5 Å². The number of carbonyl (C=O) groups excluding carboxylic acids is 1. The summed E-state index contributed by atoms with van der Waals surface area (Å²) in [4.78, 5) is 33.6. The van der Waals surface area contributed by atoms with E-state index in [2.05, 4.69) is 9.97 Å². The number of benzene rings is 2. The Labute approximate surface area is 156 Å². The Morgan fingerprint density at radius 2 is 2.07 bits per heavy atom. The number of carbonyl (C=O) groups is 1. The minimum absolute atomic E-state index is 0.0216. The van der Waals surface area contributed by atoms with Crippen LogP contribution in [0.1, 0.15) is 40.5 Å². The quantitative estimate of drug-likeness (QED) is 0.565. The number of para-hydroxylation sites is 2. The molecular formula is C20H20N4O3. The number of likely N-dealkylation sites (tertiary alicyclic amines) is 1. The van der Waals surface area contributed by atoms with Crippen LogP contribution >= 0.6 is 0 Å². The number of nitrogens with zero attached hydrogens (tertiary/aromatic N) is 3. The van der Waals surface area contributed by atoms with Gasteiger partial charge in [0.1, 0.15) is 5.82 Å². The number of aromatic amines is 1. The predicted octanol–water partition coefficient (Wildman–Crippen LogP) is 3.80. The number of nitrogens with one attached hydrogen (secondary N) is 1. The second kappa shape index (κ2) is 6.83. The lowest BCUT2D eigenvalue weighted by molar-refractivity contribution is -0.385. The molecule has 7 heteroatoms. The summed E-state index contributed by atoms with van der Waals surface area (Å²) in [5.74, 6) is 0.871. The highest BCUT2D eigenvalue weighted by molar-refractivity contribution is 5.96. The van der Waals surface area contributed by atoms with Crippen molar-refractivity contribution in [2.24, 2.45) is 0 Å². The molecule has 1 aliphatic heterocycles. The molecule has 2 aromatic carbocycles. The van der Waals surface area contributed by atoms with E-state index in [0.717, 1.165) is 29.7 Å². The highest BCUT2D eigenvalue weighted by Crippen LogP contribution is 2.29. The number of piperidine rings is 1. The Morgan fingerprint density at radius 1 is 1.26 bits per heavy atom. The van der Waals surface area contributed by atoms with E-state index >= 15 is 0 Å². The number of hydrogen-bond donors (Lipinski definition) is 1. The summed E-state index contributed by atoms with van der Waals surface area (Å²) < 4.78 is 0. The van der Waals surface area contributed by atoms with E-state index in [-0.39, 0.29) is 17.5 Å². The SMILES string of the molecule is Cc1c(C(=O)N2CCCC(c3nc4ccccc4[nH]3)C2)cccc1[N+](=O)[O-]. The minimum Gasteiger partial charge on any atom is -0.342 e. The first-order chi connectivity index (χ1) is 13.0. The van der Waals surface area contributed by atoms with Crippen molar-refractivity contribution in [1.82, 2.24) is 14.9 Å². The molecule has 1 N–H and O–H groups in total. The van der Waals surface area contributed by atoms with Gasteiger partial charge < -0.3 is 9.88 Å². The first kappa shape index (κ1) is 17.2. The van der Waals surface area contributed by atoms with E-state index in [4.69, 9.17) is 0 Å². The maximum atomic E-state index is 13.0. The predicted molar refractivity (Wildman–Crippen MR) is 102 cm³/mol. The van der Waals surface area contributed by atoms with Crippen LogP contribution in [0, 0.1) is 17.0 Å². The second-order valence-corrected chi connectivity index (χ2v) is 6.94. The Bertz CT molecular complexity index is 994.